The number of benzene rings is 1. The van der Waals surface area contributed by atoms with E-state index in [0.29, 0.717) is 19.3 Å². The lowest BCUT2D eigenvalue weighted by Gasteiger charge is -2.22. The minimum atomic E-state index is 0.0438. The molecule has 0 heterocycles. The predicted octanol–water partition coefficient (Wildman–Crippen LogP) is 3.86. The van der Waals surface area contributed by atoms with Gasteiger partial charge in [0.25, 0.3) is 0 Å². The third-order valence-electron chi connectivity index (χ3n) is 4.27. The number of rotatable bonds is 9. The molecule has 1 aliphatic carbocycles. The predicted molar refractivity (Wildman–Crippen MR) is 94.5 cm³/mol. The van der Waals surface area contributed by atoms with Crippen LogP contribution in [0, 0.1) is 0 Å². The van der Waals surface area contributed by atoms with Crippen molar-refractivity contribution in [3.05, 3.63) is 29.8 Å². The number of anilines is 1. The molecule has 0 atom stereocenters. The fraction of sp³-hybridized carbons (Fsp3) is 0.632. The van der Waals surface area contributed by atoms with E-state index in [9.17, 15) is 4.79 Å². The second-order valence-corrected chi connectivity index (χ2v) is 6.33. The molecular weight excluding hydrogens is 288 g/mol. The van der Waals surface area contributed by atoms with E-state index < -0.39 is 0 Å². The number of hydrogen-bond acceptors (Lipinski definition) is 3. The van der Waals surface area contributed by atoms with Gasteiger partial charge in [-0.3, -0.25) is 4.79 Å². The molecule has 0 radical (unpaired) electrons. The Balaban J connectivity index is 1.72. The molecule has 1 aliphatic rings. The molecule has 2 rings (SSSR count). The van der Waals surface area contributed by atoms with Crippen LogP contribution in [-0.2, 0) is 16.1 Å². The van der Waals surface area contributed by atoms with Crippen molar-refractivity contribution in [1.82, 2.24) is 5.32 Å². The maximum Gasteiger partial charge on any atom is 0.239 e. The molecular formula is C19H30N2O2. The Morgan fingerprint density at radius 1 is 1.26 bits per heavy atom. The lowest BCUT2D eigenvalue weighted by Crippen LogP contribution is -2.30. The SMILES string of the molecule is CCCCNC(=O)CNc1cccc(COC2CCCCC2)c1. The average Bonchev–Trinajstić information content (AvgIpc) is 2.60. The molecule has 23 heavy (non-hydrogen) atoms. The van der Waals surface area contributed by atoms with E-state index in [0.717, 1.165) is 30.6 Å². The Morgan fingerprint density at radius 2 is 2.09 bits per heavy atom. The van der Waals surface area contributed by atoms with Crippen molar-refractivity contribution in [2.45, 2.75) is 64.6 Å². The highest BCUT2D eigenvalue weighted by Crippen LogP contribution is 2.22. The molecule has 128 valence electrons. The molecule has 0 aromatic heterocycles. The number of ether oxygens (including phenoxy) is 1. The molecule has 1 saturated carbocycles. The lowest BCUT2D eigenvalue weighted by atomic mass is 9.98. The zero-order valence-electron chi connectivity index (χ0n) is 14.3. The van der Waals surface area contributed by atoms with Crippen LogP contribution in [0.4, 0.5) is 5.69 Å². The van der Waals surface area contributed by atoms with Gasteiger partial charge in [-0.1, -0.05) is 44.7 Å². The van der Waals surface area contributed by atoms with Gasteiger partial charge in [0.2, 0.25) is 5.91 Å². The Morgan fingerprint density at radius 3 is 2.87 bits per heavy atom. The normalized spacial score (nSPS) is 15.3. The van der Waals surface area contributed by atoms with Gasteiger partial charge < -0.3 is 15.4 Å². The van der Waals surface area contributed by atoms with Crippen LogP contribution in [-0.4, -0.2) is 25.1 Å². The summed E-state index contributed by atoms with van der Waals surface area (Å²) >= 11 is 0. The molecule has 0 unspecified atom stereocenters. The van der Waals surface area contributed by atoms with Gasteiger partial charge in [0.15, 0.2) is 0 Å². The number of unbranched alkanes of at least 4 members (excludes halogenated alkanes) is 1. The maximum atomic E-state index is 11.7. The Hall–Kier alpha value is -1.55. The summed E-state index contributed by atoms with van der Waals surface area (Å²) in [5.74, 6) is 0.0438. The Kier molecular flexibility index (Phi) is 7.95. The summed E-state index contributed by atoms with van der Waals surface area (Å²) in [7, 11) is 0. The van der Waals surface area contributed by atoms with E-state index in [1.54, 1.807) is 0 Å². The van der Waals surface area contributed by atoms with Crippen molar-refractivity contribution in [3.8, 4) is 0 Å². The van der Waals surface area contributed by atoms with E-state index in [4.69, 9.17) is 4.74 Å². The van der Waals surface area contributed by atoms with Crippen molar-refractivity contribution in [2.24, 2.45) is 0 Å². The van der Waals surface area contributed by atoms with Crippen molar-refractivity contribution in [1.29, 1.82) is 0 Å². The summed E-state index contributed by atoms with van der Waals surface area (Å²) < 4.78 is 6.01. The first-order valence-electron chi connectivity index (χ1n) is 8.99. The van der Waals surface area contributed by atoms with Crippen molar-refractivity contribution >= 4 is 11.6 Å². The summed E-state index contributed by atoms with van der Waals surface area (Å²) in [6.07, 6.45) is 8.85. The first kappa shape index (κ1) is 17.8. The molecule has 0 bridgehead atoms. The number of amides is 1. The summed E-state index contributed by atoms with van der Waals surface area (Å²) in [6, 6.07) is 8.15. The molecule has 0 saturated heterocycles. The summed E-state index contributed by atoms with van der Waals surface area (Å²) in [5, 5.41) is 6.09. The van der Waals surface area contributed by atoms with Gasteiger partial charge >= 0.3 is 0 Å². The minimum absolute atomic E-state index is 0.0438. The second kappa shape index (κ2) is 10.3. The van der Waals surface area contributed by atoms with Crippen LogP contribution in [0.1, 0.15) is 57.4 Å². The third kappa shape index (κ3) is 7.04. The van der Waals surface area contributed by atoms with Crippen LogP contribution in [0.5, 0.6) is 0 Å². The van der Waals surface area contributed by atoms with Gasteiger partial charge in [0, 0.05) is 12.2 Å². The van der Waals surface area contributed by atoms with Crippen LogP contribution >= 0.6 is 0 Å². The smallest absolute Gasteiger partial charge is 0.239 e. The largest absolute Gasteiger partial charge is 0.376 e. The standard InChI is InChI=1S/C19H30N2O2/c1-2-3-12-20-19(22)14-21-17-9-7-8-16(13-17)15-23-18-10-5-4-6-11-18/h7-9,13,18,21H,2-6,10-12,14-15H2,1H3,(H,20,22). The number of carbonyl (C=O) groups excluding carboxylic acids is 1. The van der Waals surface area contributed by atoms with Crippen LogP contribution in [0.2, 0.25) is 0 Å². The van der Waals surface area contributed by atoms with Crippen LogP contribution in [0.25, 0.3) is 0 Å². The van der Waals surface area contributed by atoms with Crippen LogP contribution < -0.4 is 10.6 Å². The number of carbonyl (C=O) groups is 1. The van der Waals surface area contributed by atoms with Gasteiger partial charge in [-0.15, -0.1) is 0 Å². The number of nitrogens with one attached hydrogen (secondary N) is 2. The minimum Gasteiger partial charge on any atom is -0.376 e. The van der Waals surface area contributed by atoms with Crippen molar-refractivity contribution < 1.29 is 9.53 Å². The Labute approximate surface area is 140 Å². The highest BCUT2D eigenvalue weighted by Gasteiger charge is 2.13. The average molecular weight is 318 g/mol. The fourth-order valence-corrected chi connectivity index (χ4v) is 2.87. The van der Waals surface area contributed by atoms with E-state index >= 15 is 0 Å². The summed E-state index contributed by atoms with van der Waals surface area (Å²) in [5.41, 5.74) is 2.13. The lowest BCUT2D eigenvalue weighted by molar-refractivity contribution is -0.119. The van der Waals surface area contributed by atoms with E-state index in [1.165, 1.54) is 32.1 Å². The highest BCUT2D eigenvalue weighted by molar-refractivity contribution is 5.80. The van der Waals surface area contributed by atoms with Crippen LogP contribution in [0.3, 0.4) is 0 Å². The fourth-order valence-electron chi connectivity index (χ4n) is 2.87. The molecule has 4 heteroatoms. The van der Waals surface area contributed by atoms with Crippen molar-refractivity contribution in [2.75, 3.05) is 18.4 Å². The first-order chi connectivity index (χ1) is 11.3. The van der Waals surface area contributed by atoms with Gasteiger partial charge in [-0.2, -0.15) is 0 Å². The topological polar surface area (TPSA) is 50.4 Å². The quantitative estimate of drug-likeness (QED) is 0.680. The molecule has 1 amide bonds. The summed E-state index contributed by atoms with van der Waals surface area (Å²) in [4.78, 5) is 11.7. The third-order valence-corrected chi connectivity index (χ3v) is 4.27. The van der Waals surface area contributed by atoms with E-state index in [-0.39, 0.29) is 5.91 Å². The molecule has 1 aromatic rings. The number of hydrogen-bond donors (Lipinski definition) is 2. The highest BCUT2D eigenvalue weighted by atomic mass is 16.5. The van der Waals surface area contributed by atoms with Gasteiger partial charge in [-0.05, 0) is 37.0 Å². The molecule has 1 fully saturated rings. The van der Waals surface area contributed by atoms with E-state index in [2.05, 4.69) is 29.7 Å². The monoisotopic (exact) mass is 318 g/mol. The molecule has 2 N–H and O–H groups in total. The van der Waals surface area contributed by atoms with E-state index in [1.807, 2.05) is 12.1 Å². The Bertz CT molecular complexity index is 470. The molecule has 0 aliphatic heterocycles. The second-order valence-electron chi connectivity index (χ2n) is 6.33. The van der Waals surface area contributed by atoms with Gasteiger partial charge in [0.05, 0.1) is 19.3 Å². The first-order valence-corrected chi connectivity index (χ1v) is 8.99. The summed E-state index contributed by atoms with van der Waals surface area (Å²) in [6.45, 7) is 3.84. The van der Waals surface area contributed by atoms with Gasteiger partial charge in [0.1, 0.15) is 0 Å². The van der Waals surface area contributed by atoms with Gasteiger partial charge in [-0.25, -0.2) is 0 Å². The molecule has 1 aromatic carbocycles. The maximum absolute atomic E-state index is 11.7. The molecule has 0 spiro atoms. The zero-order chi connectivity index (χ0) is 16.3. The molecule has 4 nitrogen and oxygen atoms in total. The van der Waals surface area contributed by atoms with Crippen molar-refractivity contribution in [3.63, 3.8) is 0 Å². The van der Waals surface area contributed by atoms with Crippen LogP contribution in [0.15, 0.2) is 24.3 Å². The zero-order valence-corrected chi connectivity index (χ0v) is 14.3.